The van der Waals surface area contributed by atoms with Crippen LogP contribution in [0.15, 0.2) is 108 Å². The number of hydrogen-bond acceptors (Lipinski definition) is 5. The summed E-state index contributed by atoms with van der Waals surface area (Å²) in [6.45, 7) is 1.25. The lowest BCUT2D eigenvalue weighted by atomic mass is 10.1. The Labute approximate surface area is 238 Å². The summed E-state index contributed by atoms with van der Waals surface area (Å²) in [7, 11) is -2.81. The van der Waals surface area contributed by atoms with Crippen molar-refractivity contribution in [3.05, 3.63) is 119 Å². The Bertz CT molecular complexity index is 1600. The van der Waals surface area contributed by atoms with Crippen LogP contribution < -0.4 is 19.7 Å². The van der Waals surface area contributed by atoms with Crippen molar-refractivity contribution in [2.75, 3.05) is 23.3 Å². The molecule has 2 amide bonds. The van der Waals surface area contributed by atoms with Gasteiger partial charge in [-0.1, -0.05) is 72.3 Å². The molecule has 0 unspecified atom stereocenters. The van der Waals surface area contributed by atoms with E-state index in [4.69, 9.17) is 16.3 Å². The van der Waals surface area contributed by atoms with Crippen molar-refractivity contribution in [2.45, 2.75) is 17.9 Å². The molecule has 2 N–H and O–H groups in total. The number of nitrogens with one attached hydrogen (secondary N) is 2. The van der Waals surface area contributed by atoms with Crippen LogP contribution in [0.5, 0.6) is 5.75 Å². The van der Waals surface area contributed by atoms with Gasteiger partial charge in [0.25, 0.3) is 15.9 Å². The molecule has 10 heteroatoms. The van der Waals surface area contributed by atoms with Crippen LogP contribution in [0.4, 0.5) is 11.4 Å². The van der Waals surface area contributed by atoms with Crippen LogP contribution in [-0.2, 0) is 14.8 Å². The lowest BCUT2D eigenvalue weighted by Crippen LogP contribution is -2.38. The lowest BCUT2D eigenvalue weighted by Gasteiger charge is -2.26. The van der Waals surface area contributed by atoms with Crippen molar-refractivity contribution in [1.82, 2.24) is 5.32 Å². The molecule has 0 aliphatic heterocycles. The van der Waals surface area contributed by atoms with Gasteiger partial charge in [0.15, 0.2) is 0 Å². The average Bonchev–Trinajstić information content (AvgIpc) is 2.97. The standard InChI is InChI=1S/C30H28ClN3O5S/c1-21(22-11-5-3-6-12-22)32-30(36)25-15-9-10-16-26(25)33-29(35)20-34(27-19-23(31)17-18-28(27)39-2)40(37,38)24-13-7-4-8-14-24/h3-19,21H,20H2,1-2H3,(H,32,36)(H,33,35)/t21-/m1/s1. The molecule has 0 aliphatic carbocycles. The van der Waals surface area contributed by atoms with Crippen molar-refractivity contribution < 1.29 is 22.7 Å². The van der Waals surface area contributed by atoms with Gasteiger partial charge < -0.3 is 15.4 Å². The van der Waals surface area contributed by atoms with Gasteiger partial charge in [-0.25, -0.2) is 8.42 Å². The second-order valence-electron chi connectivity index (χ2n) is 8.84. The molecule has 4 rings (SSSR count). The highest BCUT2D eigenvalue weighted by Crippen LogP contribution is 2.35. The maximum absolute atomic E-state index is 13.7. The second-order valence-corrected chi connectivity index (χ2v) is 11.1. The summed E-state index contributed by atoms with van der Waals surface area (Å²) < 4.78 is 33.7. The number of methoxy groups -OCH3 is 1. The fraction of sp³-hybridized carbons (Fsp3) is 0.133. The number of nitrogens with zero attached hydrogens (tertiary/aromatic N) is 1. The van der Waals surface area contributed by atoms with Crippen LogP contribution in [0, 0.1) is 0 Å². The van der Waals surface area contributed by atoms with E-state index in [1.807, 2.05) is 37.3 Å². The molecule has 0 fully saturated rings. The van der Waals surface area contributed by atoms with E-state index in [1.54, 1.807) is 48.5 Å². The van der Waals surface area contributed by atoms with Crippen molar-refractivity contribution >= 4 is 44.8 Å². The van der Waals surface area contributed by atoms with E-state index in [0.717, 1.165) is 9.87 Å². The Hall–Kier alpha value is -4.34. The summed E-state index contributed by atoms with van der Waals surface area (Å²) in [6, 6.07) is 28.0. The third kappa shape index (κ3) is 6.62. The molecule has 4 aromatic rings. The number of para-hydroxylation sites is 1. The third-order valence-corrected chi connectivity index (χ3v) is 8.13. The highest BCUT2D eigenvalue weighted by atomic mass is 35.5. The van der Waals surface area contributed by atoms with Gasteiger partial charge in [0, 0.05) is 5.02 Å². The minimum absolute atomic E-state index is 0.0143. The molecule has 0 aromatic heterocycles. The number of ether oxygens (including phenoxy) is 1. The fourth-order valence-electron chi connectivity index (χ4n) is 4.09. The second kappa shape index (κ2) is 12.7. The molecular weight excluding hydrogens is 550 g/mol. The van der Waals surface area contributed by atoms with E-state index in [-0.39, 0.29) is 38.6 Å². The monoisotopic (exact) mass is 577 g/mol. The topological polar surface area (TPSA) is 105 Å². The molecule has 0 spiro atoms. The number of hydrogen-bond donors (Lipinski definition) is 2. The summed E-state index contributed by atoms with van der Waals surface area (Å²) in [6.07, 6.45) is 0. The molecule has 1 atom stereocenters. The first kappa shape index (κ1) is 28.7. The predicted octanol–water partition coefficient (Wildman–Crippen LogP) is 5.67. The number of rotatable bonds is 10. The van der Waals surface area contributed by atoms with E-state index in [9.17, 15) is 18.0 Å². The number of amides is 2. The lowest BCUT2D eigenvalue weighted by molar-refractivity contribution is -0.114. The van der Waals surface area contributed by atoms with Crippen LogP contribution in [0.2, 0.25) is 5.02 Å². The highest BCUT2D eigenvalue weighted by Gasteiger charge is 2.30. The Morgan fingerprint density at radius 2 is 1.52 bits per heavy atom. The summed E-state index contributed by atoms with van der Waals surface area (Å²) in [5, 5.41) is 5.90. The van der Waals surface area contributed by atoms with Crippen LogP contribution in [0.3, 0.4) is 0 Å². The molecule has 0 radical (unpaired) electrons. The van der Waals surface area contributed by atoms with Gasteiger partial charge in [0.2, 0.25) is 5.91 Å². The molecule has 0 bridgehead atoms. The molecule has 206 valence electrons. The molecule has 0 aliphatic rings. The van der Waals surface area contributed by atoms with E-state index >= 15 is 0 Å². The van der Waals surface area contributed by atoms with Crippen LogP contribution >= 0.6 is 11.6 Å². The van der Waals surface area contributed by atoms with Gasteiger partial charge in [-0.3, -0.25) is 13.9 Å². The maximum Gasteiger partial charge on any atom is 0.264 e. The summed E-state index contributed by atoms with van der Waals surface area (Å²) in [4.78, 5) is 26.5. The summed E-state index contributed by atoms with van der Waals surface area (Å²) in [5.74, 6) is -0.846. The fourth-order valence-corrected chi connectivity index (χ4v) is 5.70. The van der Waals surface area contributed by atoms with Crippen LogP contribution in [0.25, 0.3) is 0 Å². The van der Waals surface area contributed by atoms with E-state index in [2.05, 4.69) is 10.6 Å². The largest absolute Gasteiger partial charge is 0.495 e. The number of halogens is 1. The number of benzene rings is 4. The Morgan fingerprint density at radius 3 is 2.20 bits per heavy atom. The normalized spacial score (nSPS) is 11.8. The van der Waals surface area contributed by atoms with Crippen molar-refractivity contribution in [3.63, 3.8) is 0 Å². The zero-order valence-corrected chi connectivity index (χ0v) is 23.4. The number of anilines is 2. The van der Waals surface area contributed by atoms with Gasteiger partial charge in [0.1, 0.15) is 12.3 Å². The van der Waals surface area contributed by atoms with Crippen LogP contribution in [0.1, 0.15) is 28.9 Å². The number of carbonyl (C=O) groups is 2. The van der Waals surface area contributed by atoms with Gasteiger partial charge >= 0.3 is 0 Å². The first-order chi connectivity index (χ1) is 19.2. The zero-order chi connectivity index (χ0) is 28.7. The van der Waals surface area contributed by atoms with Gasteiger partial charge in [-0.15, -0.1) is 0 Å². The Morgan fingerprint density at radius 1 is 0.900 bits per heavy atom. The van der Waals surface area contributed by atoms with Gasteiger partial charge in [0.05, 0.1) is 35.0 Å². The number of sulfonamides is 1. The first-order valence-corrected chi connectivity index (χ1v) is 14.2. The highest BCUT2D eigenvalue weighted by molar-refractivity contribution is 7.92. The van der Waals surface area contributed by atoms with E-state index in [0.29, 0.717) is 0 Å². The smallest absolute Gasteiger partial charge is 0.264 e. The summed E-state index contributed by atoms with van der Waals surface area (Å²) >= 11 is 6.20. The van der Waals surface area contributed by atoms with Crippen molar-refractivity contribution in [3.8, 4) is 5.75 Å². The first-order valence-electron chi connectivity index (χ1n) is 12.4. The van der Waals surface area contributed by atoms with Gasteiger partial charge in [-0.2, -0.15) is 0 Å². The van der Waals surface area contributed by atoms with Crippen molar-refractivity contribution in [2.24, 2.45) is 0 Å². The third-order valence-electron chi connectivity index (χ3n) is 6.12. The minimum atomic E-state index is -4.21. The molecule has 0 saturated heterocycles. The Balaban J connectivity index is 1.62. The number of carbonyl (C=O) groups excluding carboxylic acids is 2. The minimum Gasteiger partial charge on any atom is -0.495 e. The average molecular weight is 578 g/mol. The van der Waals surface area contributed by atoms with Crippen molar-refractivity contribution in [1.29, 1.82) is 0 Å². The SMILES string of the molecule is COc1ccc(Cl)cc1N(CC(=O)Nc1ccccc1C(=O)N[C@H](C)c1ccccc1)S(=O)(=O)c1ccccc1. The molecular formula is C30H28ClN3O5S. The quantitative estimate of drug-likeness (QED) is 0.252. The van der Waals surface area contributed by atoms with E-state index < -0.39 is 28.4 Å². The van der Waals surface area contributed by atoms with E-state index in [1.165, 1.54) is 31.4 Å². The maximum atomic E-state index is 13.7. The molecule has 0 heterocycles. The molecule has 0 saturated carbocycles. The molecule has 4 aromatic carbocycles. The van der Waals surface area contributed by atoms with Gasteiger partial charge in [-0.05, 0) is 55.0 Å². The predicted molar refractivity (Wildman–Crippen MR) is 156 cm³/mol. The Kier molecular flexibility index (Phi) is 9.08. The zero-order valence-electron chi connectivity index (χ0n) is 21.9. The summed E-state index contributed by atoms with van der Waals surface area (Å²) in [5.41, 5.74) is 1.49. The molecule has 40 heavy (non-hydrogen) atoms. The molecule has 8 nitrogen and oxygen atoms in total. The van der Waals surface area contributed by atoms with Crippen LogP contribution in [-0.4, -0.2) is 33.9 Å².